The van der Waals surface area contributed by atoms with Gasteiger partial charge in [0, 0.05) is 25.3 Å². The van der Waals surface area contributed by atoms with Crippen molar-refractivity contribution in [3.05, 3.63) is 35.3 Å². The molecule has 2 rings (SSSR count). The van der Waals surface area contributed by atoms with Crippen molar-refractivity contribution in [1.82, 2.24) is 20.1 Å². The molecule has 0 aliphatic heterocycles. The molecule has 2 aromatic rings. The molecule has 0 aliphatic carbocycles. The largest absolute Gasteiger partial charge is 0.437 e. The summed E-state index contributed by atoms with van der Waals surface area (Å²) in [6.07, 6.45) is 1.73. The van der Waals surface area contributed by atoms with Gasteiger partial charge in [0.15, 0.2) is 0 Å². The highest BCUT2D eigenvalue weighted by Crippen LogP contribution is 2.26. The van der Waals surface area contributed by atoms with Crippen LogP contribution >= 0.6 is 0 Å². The monoisotopic (exact) mass is 274 g/mol. The van der Waals surface area contributed by atoms with Crippen LogP contribution in [0.5, 0.6) is 11.6 Å². The molecular formula is C15H22N4O. The molecule has 0 fully saturated rings. The summed E-state index contributed by atoms with van der Waals surface area (Å²) < 4.78 is 7.72. The minimum Gasteiger partial charge on any atom is -0.437 e. The molecular weight excluding hydrogens is 252 g/mol. The third-order valence-electron chi connectivity index (χ3n) is 3.07. The third kappa shape index (κ3) is 3.36. The SMILES string of the molecule is Cc1ccc(Oc2c(CNC(C)C)c(C)nn2C)cn1. The minimum atomic E-state index is 0.420. The molecule has 0 atom stereocenters. The van der Waals surface area contributed by atoms with Crippen LogP contribution in [0.3, 0.4) is 0 Å². The quantitative estimate of drug-likeness (QED) is 0.911. The van der Waals surface area contributed by atoms with E-state index in [1.165, 1.54) is 0 Å². The van der Waals surface area contributed by atoms with Gasteiger partial charge in [-0.2, -0.15) is 5.10 Å². The molecule has 0 aliphatic rings. The highest BCUT2D eigenvalue weighted by Gasteiger charge is 2.15. The molecule has 5 nitrogen and oxygen atoms in total. The van der Waals surface area contributed by atoms with Gasteiger partial charge in [-0.25, -0.2) is 4.68 Å². The number of hydrogen-bond donors (Lipinski definition) is 1. The average molecular weight is 274 g/mol. The molecule has 20 heavy (non-hydrogen) atoms. The zero-order chi connectivity index (χ0) is 14.7. The molecule has 2 aromatic heterocycles. The standard InChI is InChI=1S/C15H22N4O/c1-10(2)16-9-14-12(4)18-19(5)15(14)20-13-7-6-11(3)17-8-13/h6-8,10,16H,9H2,1-5H3. The zero-order valence-electron chi connectivity index (χ0n) is 12.8. The Morgan fingerprint density at radius 3 is 2.65 bits per heavy atom. The topological polar surface area (TPSA) is 52.0 Å². The highest BCUT2D eigenvalue weighted by molar-refractivity contribution is 5.35. The summed E-state index contributed by atoms with van der Waals surface area (Å²) in [5, 5.41) is 7.84. The molecule has 0 unspecified atom stereocenters. The molecule has 0 saturated heterocycles. The number of rotatable bonds is 5. The Morgan fingerprint density at radius 2 is 2.05 bits per heavy atom. The van der Waals surface area contributed by atoms with Gasteiger partial charge in [-0.05, 0) is 26.0 Å². The predicted molar refractivity (Wildman–Crippen MR) is 79.0 cm³/mol. The Morgan fingerprint density at radius 1 is 1.30 bits per heavy atom. The summed E-state index contributed by atoms with van der Waals surface area (Å²) in [5.74, 6) is 1.49. The van der Waals surface area contributed by atoms with Gasteiger partial charge in [-0.1, -0.05) is 13.8 Å². The first-order chi connectivity index (χ1) is 9.47. The molecule has 0 radical (unpaired) electrons. The number of aromatic nitrogens is 3. The van der Waals surface area contributed by atoms with E-state index in [2.05, 4.69) is 29.2 Å². The van der Waals surface area contributed by atoms with E-state index >= 15 is 0 Å². The van der Waals surface area contributed by atoms with Gasteiger partial charge in [0.25, 0.3) is 0 Å². The summed E-state index contributed by atoms with van der Waals surface area (Å²) in [4.78, 5) is 4.25. The second-order valence-electron chi connectivity index (χ2n) is 5.27. The van der Waals surface area contributed by atoms with E-state index in [9.17, 15) is 0 Å². The molecule has 0 saturated carbocycles. The smallest absolute Gasteiger partial charge is 0.222 e. The summed E-state index contributed by atoms with van der Waals surface area (Å²) in [7, 11) is 1.89. The van der Waals surface area contributed by atoms with Crippen molar-refractivity contribution in [2.24, 2.45) is 7.05 Å². The van der Waals surface area contributed by atoms with Crippen LogP contribution < -0.4 is 10.1 Å². The lowest BCUT2D eigenvalue weighted by Gasteiger charge is -2.11. The van der Waals surface area contributed by atoms with Gasteiger partial charge in [-0.15, -0.1) is 0 Å². The maximum Gasteiger partial charge on any atom is 0.222 e. The molecule has 1 N–H and O–H groups in total. The van der Waals surface area contributed by atoms with Crippen molar-refractivity contribution in [1.29, 1.82) is 0 Å². The van der Waals surface area contributed by atoms with E-state index in [1.807, 2.05) is 33.0 Å². The fourth-order valence-electron chi connectivity index (χ4n) is 1.94. The summed E-state index contributed by atoms with van der Waals surface area (Å²) >= 11 is 0. The van der Waals surface area contributed by atoms with E-state index in [0.717, 1.165) is 35.1 Å². The van der Waals surface area contributed by atoms with E-state index in [-0.39, 0.29) is 0 Å². The Labute approximate surface area is 120 Å². The predicted octanol–water partition coefficient (Wildman–Crippen LogP) is 2.72. The Balaban J connectivity index is 2.23. The maximum atomic E-state index is 5.95. The van der Waals surface area contributed by atoms with Crippen molar-refractivity contribution < 1.29 is 4.74 Å². The molecule has 108 valence electrons. The van der Waals surface area contributed by atoms with Crippen molar-refractivity contribution in [2.75, 3.05) is 0 Å². The second-order valence-corrected chi connectivity index (χ2v) is 5.27. The van der Waals surface area contributed by atoms with E-state index in [4.69, 9.17) is 4.74 Å². The Kier molecular flexibility index (Phi) is 4.39. The fraction of sp³-hybridized carbons (Fsp3) is 0.467. The van der Waals surface area contributed by atoms with Gasteiger partial charge in [0.2, 0.25) is 5.88 Å². The summed E-state index contributed by atoms with van der Waals surface area (Å²) in [5.41, 5.74) is 3.04. The number of ether oxygens (including phenoxy) is 1. The molecule has 0 aromatic carbocycles. The van der Waals surface area contributed by atoms with Gasteiger partial charge in [-0.3, -0.25) is 4.98 Å². The molecule has 0 bridgehead atoms. The van der Waals surface area contributed by atoms with Crippen molar-refractivity contribution in [2.45, 2.75) is 40.3 Å². The lowest BCUT2D eigenvalue weighted by molar-refractivity contribution is 0.420. The average Bonchev–Trinajstić information content (AvgIpc) is 2.64. The molecule has 2 heterocycles. The van der Waals surface area contributed by atoms with Crippen molar-refractivity contribution >= 4 is 0 Å². The van der Waals surface area contributed by atoms with Crippen LogP contribution in [0.15, 0.2) is 18.3 Å². The van der Waals surface area contributed by atoms with Crippen LogP contribution in [-0.2, 0) is 13.6 Å². The first kappa shape index (κ1) is 14.5. The first-order valence-corrected chi connectivity index (χ1v) is 6.83. The Bertz CT molecular complexity index is 572. The van der Waals surface area contributed by atoms with Crippen LogP contribution in [0.2, 0.25) is 0 Å². The molecule has 0 amide bonds. The number of aryl methyl sites for hydroxylation is 3. The lowest BCUT2D eigenvalue weighted by Crippen LogP contribution is -2.22. The van der Waals surface area contributed by atoms with Crippen LogP contribution in [0.4, 0.5) is 0 Å². The van der Waals surface area contributed by atoms with E-state index < -0.39 is 0 Å². The minimum absolute atomic E-state index is 0.420. The lowest BCUT2D eigenvalue weighted by atomic mass is 10.2. The van der Waals surface area contributed by atoms with Crippen molar-refractivity contribution in [3.63, 3.8) is 0 Å². The number of nitrogens with zero attached hydrogens (tertiary/aromatic N) is 3. The normalized spacial score (nSPS) is 11.1. The van der Waals surface area contributed by atoms with Gasteiger partial charge >= 0.3 is 0 Å². The van der Waals surface area contributed by atoms with Gasteiger partial charge in [0.1, 0.15) is 5.75 Å². The zero-order valence-corrected chi connectivity index (χ0v) is 12.8. The molecule has 5 heteroatoms. The van der Waals surface area contributed by atoms with E-state index in [1.54, 1.807) is 10.9 Å². The highest BCUT2D eigenvalue weighted by atomic mass is 16.5. The number of pyridine rings is 1. The van der Waals surface area contributed by atoms with Gasteiger partial charge in [0.05, 0.1) is 17.5 Å². The summed E-state index contributed by atoms with van der Waals surface area (Å²) in [6, 6.07) is 4.28. The first-order valence-electron chi connectivity index (χ1n) is 6.83. The van der Waals surface area contributed by atoms with Crippen LogP contribution in [0.1, 0.15) is 30.8 Å². The van der Waals surface area contributed by atoms with E-state index in [0.29, 0.717) is 6.04 Å². The second kappa shape index (κ2) is 6.05. The summed E-state index contributed by atoms with van der Waals surface area (Å²) in [6.45, 7) is 8.94. The Hall–Kier alpha value is -1.88. The van der Waals surface area contributed by atoms with Crippen LogP contribution in [0, 0.1) is 13.8 Å². The maximum absolute atomic E-state index is 5.95. The van der Waals surface area contributed by atoms with Crippen LogP contribution in [-0.4, -0.2) is 20.8 Å². The van der Waals surface area contributed by atoms with Crippen molar-refractivity contribution in [3.8, 4) is 11.6 Å². The fourth-order valence-corrected chi connectivity index (χ4v) is 1.94. The number of hydrogen-bond acceptors (Lipinski definition) is 4. The van der Waals surface area contributed by atoms with Gasteiger partial charge < -0.3 is 10.1 Å². The van der Waals surface area contributed by atoms with Crippen LogP contribution in [0.25, 0.3) is 0 Å². The number of nitrogens with one attached hydrogen (secondary N) is 1. The third-order valence-corrected chi connectivity index (χ3v) is 3.07. The molecule has 0 spiro atoms.